The Balaban J connectivity index is 1.94. The van der Waals surface area contributed by atoms with Gasteiger partial charge in [0.05, 0.1) is 23.4 Å². The lowest BCUT2D eigenvalue weighted by molar-refractivity contribution is -0.158. The predicted octanol–water partition coefficient (Wildman–Crippen LogP) is 2.47. The quantitative estimate of drug-likeness (QED) is 0.813. The van der Waals surface area contributed by atoms with Crippen molar-refractivity contribution in [2.24, 2.45) is 5.73 Å². The van der Waals surface area contributed by atoms with Gasteiger partial charge in [0, 0.05) is 0 Å². The first-order valence-corrected chi connectivity index (χ1v) is 8.47. The first-order valence-electron chi connectivity index (χ1n) is 8.47. The summed E-state index contributed by atoms with van der Waals surface area (Å²) < 4.78 is 46.3. The molecule has 0 radical (unpaired) electrons. The van der Waals surface area contributed by atoms with Crippen molar-refractivity contribution in [1.29, 1.82) is 0 Å². The fourth-order valence-electron chi connectivity index (χ4n) is 3.00. The molecule has 3 amide bonds. The molecule has 0 saturated carbocycles. The van der Waals surface area contributed by atoms with Gasteiger partial charge in [-0.05, 0) is 24.3 Å². The van der Waals surface area contributed by atoms with Gasteiger partial charge in [-0.25, -0.2) is 0 Å². The number of halogens is 3. The lowest BCUT2D eigenvalue weighted by Crippen LogP contribution is -2.51. The summed E-state index contributed by atoms with van der Waals surface area (Å²) in [5, 5.41) is 2.37. The number of hydrogen-bond donors (Lipinski definition) is 2. The Morgan fingerprint density at radius 3 is 2.48 bits per heavy atom. The zero-order valence-electron chi connectivity index (χ0n) is 14.9. The van der Waals surface area contributed by atoms with Gasteiger partial charge in [0.1, 0.15) is 11.8 Å². The number of nitrogens with zero attached hydrogens (tertiary/aromatic N) is 1. The van der Waals surface area contributed by atoms with Crippen LogP contribution in [0.15, 0.2) is 48.5 Å². The summed E-state index contributed by atoms with van der Waals surface area (Å²) >= 11 is 0. The summed E-state index contributed by atoms with van der Waals surface area (Å²) in [6, 6.07) is 9.09. The number of nitrogens with one attached hydrogen (secondary N) is 1. The van der Waals surface area contributed by atoms with E-state index in [2.05, 4.69) is 5.32 Å². The van der Waals surface area contributed by atoms with Crippen LogP contribution in [0.1, 0.15) is 16.8 Å². The van der Waals surface area contributed by atoms with Crippen molar-refractivity contribution in [3.05, 3.63) is 54.1 Å². The average molecular weight is 407 g/mol. The second-order valence-electron chi connectivity index (χ2n) is 6.24. The molecular formula is C19H16F3N3O4. The number of carbonyl (C=O) groups excluding carboxylic acids is 3. The molecule has 0 saturated heterocycles. The fraction of sp³-hybridized carbons (Fsp3) is 0.211. The van der Waals surface area contributed by atoms with E-state index in [0.717, 1.165) is 0 Å². The van der Waals surface area contributed by atoms with E-state index in [1.165, 1.54) is 48.5 Å². The molecule has 152 valence electrons. The molecule has 3 rings (SSSR count). The molecule has 7 nitrogen and oxygen atoms in total. The first kappa shape index (κ1) is 20.2. The molecule has 0 aromatic heterocycles. The molecule has 0 spiro atoms. The third-order valence-corrected chi connectivity index (χ3v) is 4.28. The maximum atomic E-state index is 13.7. The standard InChI is InChI=1S/C19H16F3N3O4/c20-19(21,22)15-9-16(26)24-12-6-2-3-7-13(12)25(15)17(27)10-29-14-8-4-1-5-11(14)18(23)28/h1-8,15H,9-10H2,(H2,23,28)(H,24,26)/t15-/m1/s1. The van der Waals surface area contributed by atoms with Crippen LogP contribution < -0.4 is 20.7 Å². The minimum Gasteiger partial charge on any atom is -0.483 e. The summed E-state index contributed by atoms with van der Waals surface area (Å²) in [6.07, 6.45) is -5.81. The van der Waals surface area contributed by atoms with E-state index in [1.54, 1.807) is 0 Å². The molecular weight excluding hydrogens is 391 g/mol. The summed E-state index contributed by atoms with van der Waals surface area (Å²) in [6.45, 7) is -0.792. The number of alkyl halides is 3. The largest absolute Gasteiger partial charge is 0.483 e. The van der Waals surface area contributed by atoms with Crippen LogP contribution in [0.25, 0.3) is 0 Å². The number of hydrogen-bond acceptors (Lipinski definition) is 4. The summed E-state index contributed by atoms with van der Waals surface area (Å²) in [5.41, 5.74) is 5.20. The minimum absolute atomic E-state index is 0.0132. The van der Waals surface area contributed by atoms with Crippen LogP contribution in [0, 0.1) is 0 Å². The lowest BCUT2D eigenvalue weighted by Gasteiger charge is -2.31. The number of benzene rings is 2. The number of fused-ring (bicyclic) bond motifs is 1. The summed E-state index contributed by atoms with van der Waals surface area (Å²) in [4.78, 5) is 36.7. The monoisotopic (exact) mass is 407 g/mol. The van der Waals surface area contributed by atoms with E-state index in [1.807, 2.05) is 0 Å². The van der Waals surface area contributed by atoms with E-state index < -0.39 is 43.0 Å². The van der Waals surface area contributed by atoms with Crippen LogP contribution in [0.5, 0.6) is 5.75 Å². The van der Waals surface area contributed by atoms with Crippen molar-refractivity contribution in [3.8, 4) is 5.75 Å². The topological polar surface area (TPSA) is 102 Å². The van der Waals surface area contributed by atoms with Crippen molar-refractivity contribution in [2.45, 2.75) is 18.6 Å². The highest BCUT2D eigenvalue weighted by molar-refractivity contribution is 6.05. The third kappa shape index (κ3) is 4.31. The molecule has 2 aromatic carbocycles. The number of carbonyl (C=O) groups is 3. The smallest absolute Gasteiger partial charge is 0.409 e. The summed E-state index contributed by atoms with van der Waals surface area (Å²) in [7, 11) is 0. The molecule has 0 bridgehead atoms. The average Bonchev–Trinajstić information content (AvgIpc) is 2.81. The highest BCUT2D eigenvalue weighted by Crippen LogP contribution is 2.37. The zero-order valence-corrected chi connectivity index (χ0v) is 14.9. The van der Waals surface area contributed by atoms with Crippen LogP contribution in [-0.2, 0) is 9.59 Å². The number of anilines is 2. The van der Waals surface area contributed by atoms with Gasteiger partial charge in [-0.15, -0.1) is 0 Å². The van der Waals surface area contributed by atoms with Gasteiger partial charge in [0.15, 0.2) is 6.61 Å². The van der Waals surface area contributed by atoms with Crippen LogP contribution in [-0.4, -0.2) is 36.5 Å². The van der Waals surface area contributed by atoms with E-state index in [0.29, 0.717) is 4.90 Å². The number of para-hydroxylation sites is 3. The van der Waals surface area contributed by atoms with Gasteiger partial charge >= 0.3 is 6.18 Å². The number of rotatable bonds is 4. The van der Waals surface area contributed by atoms with Gasteiger partial charge in [-0.3, -0.25) is 19.3 Å². The SMILES string of the molecule is NC(=O)c1ccccc1OCC(=O)N1c2ccccc2NC(=O)C[C@@H]1C(F)(F)F. The van der Waals surface area contributed by atoms with Crippen LogP contribution in [0.2, 0.25) is 0 Å². The highest BCUT2D eigenvalue weighted by Gasteiger charge is 2.49. The Hall–Kier alpha value is -3.56. The third-order valence-electron chi connectivity index (χ3n) is 4.28. The normalized spacial score (nSPS) is 16.4. The predicted molar refractivity (Wildman–Crippen MR) is 97.5 cm³/mol. The van der Waals surface area contributed by atoms with Gasteiger partial charge < -0.3 is 15.8 Å². The Kier molecular flexibility index (Phi) is 5.44. The van der Waals surface area contributed by atoms with E-state index in [-0.39, 0.29) is 22.7 Å². The van der Waals surface area contributed by atoms with Crippen molar-refractivity contribution in [2.75, 3.05) is 16.8 Å². The van der Waals surface area contributed by atoms with Gasteiger partial charge in [-0.1, -0.05) is 24.3 Å². The molecule has 10 heteroatoms. The first-order chi connectivity index (χ1) is 13.7. The molecule has 0 aliphatic carbocycles. The van der Waals surface area contributed by atoms with E-state index in [9.17, 15) is 27.6 Å². The lowest BCUT2D eigenvalue weighted by atomic mass is 10.1. The second kappa shape index (κ2) is 7.82. The Bertz CT molecular complexity index is 962. The van der Waals surface area contributed by atoms with E-state index in [4.69, 9.17) is 10.5 Å². The molecule has 1 heterocycles. The van der Waals surface area contributed by atoms with Crippen LogP contribution in [0.4, 0.5) is 24.5 Å². The van der Waals surface area contributed by atoms with Gasteiger partial charge in [0.25, 0.3) is 11.8 Å². The number of primary amides is 1. The molecule has 3 N–H and O–H groups in total. The number of ether oxygens (including phenoxy) is 1. The van der Waals surface area contributed by atoms with Crippen molar-refractivity contribution in [3.63, 3.8) is 0 Å². The molecule has 0 unspecified atom stereocenters. The minimum atomic E-state index is -4.85. The second-order valence-corrected chi connectivity index (χ2v) is 6.24. The molecule has 0 fully saturated rings. The Labute approximate surface area is 163 Å². The maximum Gasteiger partial charge on any atom is 0.409 e. The maximum absolute atomic E-state index is 13.7. The summed E-state index contributed by atoms with van der Waals surface area (Å²) in [5.74, 6) is -2.74. The Morgan fingerprint density at radius 2 is 1.79 bits per heavy atom. The molecule has 29 heavy (non-hydrogen) atoms. The Morgan fingerprint density at radius 1 is 1.14 bits per heavy atom. The van der Waals surface area contributed by atoms with Crippen molar-refractivity contribution < 1.29 is 32.3 Å². The van der Waals surface area contributed by atoms with Crippen molar-refractivity contribution >= 4 is 29.1 Å². The molecule has 2 aromatic rings. The number of amides is 3. The molecule has 1 atom stereocenters. The van der Waals surface area contributed by atoms with Crippen LogP contribution >= 0.6 is 0 Å². The highest BCUT2D eigenvalue weighted by atomic mass is 19.4. The molecule has 1 aliphatic rings. The molecule has 1 aliphatic heterocycles. The zero-order chi connectivity index (χ0) is 21.2. The van der Waals surface area contributed by atoms with Gasteiger partial charge in [-0.2, -0.15) is 13.2 Å². The van der Waals surface area contributed by atoms with Crippen LogP contribution in [0.3, 0.4) is 0 Å². The van der Waals surface area contributed by atoms with Gasteiger partial charge in [0.2, 0.25) is 5.91 Å². The van der Waals surface area contributed by atoms with E-state index >= 15 is 0 Å². The number of nitrogens with two attached hydrogens (primary N) is 1. The van der Waals surface area contributed by atoms with Crippen molar-refractivity contribution in [1.82, 2.24) is 0 Å². The fourth-order valence-corrected chi connectivity index (χ4v) is 3.00.